The number of ketones is 1. The van der Waals surface area contributed by atoms with Gasteiger partial charge < -0.3 is 20.3 Å². The van der Waals surface area contributed by atoms with E-state index in [0.717, 1.165) is 6.07 Å². The van der Waals surface area contributed by atoms with Crippen LogP contribution in [0.2, 0.25) is 0 Å². The van der Waals surface area contributed by atoms with Crippen LogP contribution in [0.4, 0.5) is 5.69 Å². The number of benzene rings is 1. The molecule has 9 heteroatoms. The lowest BCUT2D eigenvalue weighted by Crippen LogP contribution is -2.33. The Morgan fingerprint density at radius 2 is 2.14 bits per heavy atom. The van der Waals surface area contributed by atoms with Gasteiger partial charge in [-0.05, 0) is 24.0 Å². The van der Waals surface area contributed by atoms with Crippen molar-refractivity contribution in [3.63, 3.8) is 0 Å². The van der Waals surface area contributed by atoms with Gasteiger partial charge in [0.2, 0.25) is 11.6 Å². The highest BCUT2D eigenvalue weighted by molar-refractivity contribution is 6.00. The Bertz CT molecular complexity index is 1020. The summed E-state index contributed by atoms with van der Waals surface area (Å²) in [6.07, 6.45) is 0.672. The number of ether oxygens (including phenoxy) is 2. The van der Waals surface area contributed by atoms with Gasteiger partial charge in [0.25, 0.3) is 0 Å². The predicted molar refractivity (Wildman–Crippen MR) is 102 cm³/mol. The molecule has 152 valence electrons. The monoisotopic (exact) mass is 399 g/mol. The maximum Gasteiger partial charge on any atom is 0.314 e. The zero-order valence-electron chi connectivity index (χ0n) is 16.3. The van der Waals surface area contributed by atoms with E-state index in [2.05, 4.69) is 0 Å². The average molecular weight is 399 g/mol. The number of nitrogens with two attached hydrogens (primary N) is 1. The Labute approximate surface area is 167 Å². The van der Waals surface area contributed by atoms with Gasteiger partial charge in [0.15, 0.2) is 11.5 Å². The van der Waals surface area contributed by atoms with E-state index in [-0.39, 0.29) is 52.6 Å². The first-order valence-corrected chi connectivity index (χ1v) is 9.07. The van der Waals surface area contributed by atoms with E-state index < -0.39 is 22.3 Å². The van der Waals surface area contributed by atoms with Gasteiger partial charge in [-0.1, -0.05) is 13.8 Å². The minimum Gasteiger partial charge on any atom is -0.500 e. The largest absolute Gasteiger partial charge is 0.500 e. The number of hydrogen-bond donors (Lipinski definition) is 2. The second-order valence-corrected chi connectivity index (χ2v) is 7.78. The van der Waals surface area contributed by atoms with Gasteiger partial charge in [-0.25, -0.2) is 0 Å². The topological polar surface area (TPSA) is 149 Å². The van der Waals surface area contributed by atoms with Crippen molar-refractivity contribution in [1.82, 2.24) is 0 Å². The molecule has 1 aliphatic heterocycles. The third kappa shape index (κ3) is 3.49. The Morgan fingerprint density at radius 1 is 1.45 bits per heavy atom. The van der Waals surface area contributed by atoms with E-state index in [0.29, 0.717) is 12.2 Å². The van der Waals surface area contributed by atoms with Crippen LogP contribution < -0.4 is 10.5 Å². The van der Waals surface area contributed by atoms with Crippen molar-refractivity contribution in [3.8, 4) is 17.6 Å². The van der Waals surface area contributed by atoms with Gasteiger partial charge in [-0.2, -0.15) is 5.26 Å². The Hall–Kier alpha value is -3.54. The van der Waals surface area contributed by atoms with Crippen LogP contribution in [0.15, 0.2) is 34.9 Å². The molecule has 0 saturated carbocycles. The van der Waals surface area contributed by atoms with Gasteiger partial charge in [0, 0.05) is 24.5 Å². The fourth-order valence-electron chi connectivity index (χ4n) is 3.80. The number of nitriles is 1. The van der Waals surface area contributed by atoms with Crippen LogP contribution >= 0.6 is 0 Å². The molecule has 0 bridgehead atoms. The van der Waals surface area contributed by atoms with Crippen LogP contribution in [-0.4, -0.2) is 22.4 Å². The third-order valence-electron chi connectivity index (χ3n) is 4.98. The number of carbonyl (C=O) groups is 1. The number of phenols is 1. The highest BCUT2D eigenvalue weighted by Gasteiger charge is 2.43. The zero-order chi connectivity index (χ0) is 21.5. The second kappa shape index (κ2) is 7.13. The van der Waals surface area contributed by atoms with Crippen molar-refractivity contribution in [3.05, 3.63) is 50.6 Å². The normalized spacial score (nSPS) is 20.6. The lowest BCUT2D eigenvalue weighted by atomic mass is 9.70. The number of aromatic hydroxyl groups is 1. The fraction of sp³-hybridized carbons (Fsp3) is 0.400. The van der Waals surface area contributed by atoms with Crippen LogP contribution in [0, 0.1) is 26.9 Å². The summed E-state index contributed by atoms with van der Waals surface area (Å²) < 4.78 is 10.9. The second-order valence-electron chi connectivity index (χ2n) is 7.78. The summed E-state index contributed by atoms with van der Waals surface area (Å²) in [6, 6.07) is 4.49. The van der Waals surface area contributed by atoms with Gasteiger partial charge in [0.1, 0.15) is 17.4 Å². The zero-order valence-corrected chi connectivity index (χ0v) is 16.3. The molecule has 0 spiro atoms. The Kier molecular flexibility index (Phi) is 4.96. The molecule has 1 unspecified atom stereocenters. The van der Waals surface area contributed by atoms with E-state index in [4.69, 9.17) is 15.2 Å². The van der Waals surface area contributed by atoms with E-state index in [1.54, 1.807) is 6.92 Å². The molecule has 2 aliphatic rings. The molecule has 1 atom stereocenters. The summed E-state index contributed by atoms with van der Waals surface area (Å²) in [5.41, 5.74) is 5.53. The summed E-state index contributed by atoms with van der Waals surface area (Å²) in [5, 5.41) is 31.3. The lowest BCUT2D eigenvalue weighted by molar-refractivity contribution is -0.386. The quantitative estimate of drug-likeness (QED) is 0.579. The summed E-state index contributed by atoms with van der Waals surface area (Å²) in [5.74, 6) is -1.66. The molecule has 0 saturated heterocycles. The van der Waals surface area contributed by atoms with E-state index in [9.17, 15) is 25.3 Å². The number of nitro groups is 1. The highest BCUT2D eigenvalue weighted by atomic mass is 16.6. The smallest absolute Gasteiger partial charge is 0.314 e. The molecule has 1 aromatic carbocycles. The SMILES string of the molecule is CCOc1cc(C2C(C#N)=C(N)OC3=C2C(=O)CC(C)(C)C3)cc([N+](=O)[O-])c1O. The minimum absolute atomic E-state index is 0.0146. The number of nitro benzene ring substituents is 1. The summed E-state index contributed by atoms with van der Waals surface area (Å²) >= 11 is 0. The van der Waals surface area contributed by atoms with Crippen molar-refractivity contribution in [2.45, 2.75) is 39.5 Å². The third-order valence-corrected chi connectivity index (χ3v) is 4.98. The van der Waals surface area contributed by atoms with Crippen LogP contribution in [0.25, 0.3) is 0 Å². The summed E-state index contributed by atoms with van der Waals surface area (Å²) in [4.78, 5) is 23.7. The number of phenolic OH excluding ortho intramolecular Hbond substituents is 1. The first-order chi connectivity index (χ1) is 13.6. The molecule has 0 fully saturated rings. The molecular weight excluding hydrogens is 378 g/mol. The number of nitrogens with zero attached hydrogens (tertiary/aromatic N) is 2. The molecular formula is C20H21N3O6. The number of allylic oxidation sites excluding steroid dienone is 3. The molecule has 1 aromatic rings. The lowest BCUT2D eigenvalue weighted by Gasteiger charge is -2.37. The maximum absolute atomic E-state index is 13.0. The van der Waals surface area contributed by atoms with Gasteiger partial charge >= 0.3 is 5.69 Å². The van der Waals surface area contributed by atoms with Crippen molar-refractivity contribution in [2.75, 3.05) is 6.61 Å². The van der Waals surface area contributed by atoms with E-state index in [1.807, 2.05) is 19.9 Å². The maximum atomic E-state index is 13.0. The molecule has 3 N–H and O–H groups in total. The van der Waals surface area contributed by atoms with Crippen LogP contribution in [0.3, 0.4) is 0 Å². The summed E-state index contributed by atoms with van der Waals surface area (Å²) in [7, 11) is 0. The van der Waals surface area contributed by atoms with Crippen molar-refractivity contribution in [1.29, 1.82) is 5.26 Å². The fourth-order valence-corrected chi connectivity index (χ4v) is 3.80. The van der Waals surface area contributed by atoms with E-state index >= 15 is 0 Å². The molecule has 0 radical (unpaired) electrons. The standard InChI is InChI=1S/C20H21N3O6/c1-4-28-14-6-10(5-12(18(14)25)23(26)27)16-11(9-21)19(22)29-15-8-20(2,3)7-13(24)17(15)16/h5-6,16,25H,4,7-8,22H2,1-3H3. The minimum atomic E-state index is -0.939. The van der Waals surface area contributed by atoms with E-state index in [1.165, 1.54) is 6.07 Å². The Balaban J connectivity index is 2.27. The first kappa shape index (κ1) is 20.2. The van der Waals surface area contributed by atoms with Crippen LogP contribution in [0.1, 0.15) is 45.1 Å². The summed E-state index contributed by atoms with van der Waals surface area (Å²) in [6.45, 7) is 5.67. The molecule has 0 aromatic heterocycles. The Morgan fingerprint density at radius 3 is 2.72 bits per heavy atom. The molecule has 9 nitrogen and oxygen atoms in total. The molecule has 0 amide bonds. The average Bonchev–Trinajstić information content (AvgIpc) is 2.61. The molecule has 1 aliphatic carbocycles. The van der Waals surface area contributed by atoms with Crippen LogP contribution in [0.5, 0.6) is 11.5 Å². The number of Topliss-reactive ketones (excluding diaryl/α,β-unsaturated/α-hetero) is 1. The van der Waals surface area contributed by atoms with Crippen molar-refractivity contribution >= 4 is 11.5 Å². The van der Waals surface area contributed by atoms with Crippen molar-refractivity contribution < 1.29 is 24.3 Å². The number of rotatable bonds is 4. The predicted octanol–water partition coefficient (Wildman–Crippen LogP) is 3.15. The van der Waals surface area contributed by atoms with Gasteiger partial charge in [0.05, 0.1) is 17.4 Å². The molecule has 3 rings (SSSR count). The van der Waals surface area contributed by atoms with Crippen molar-refractivity contribution in [2.24, 2.45) is 11.1 Å². The van der Waals surface area contributed by atoms with Crippen LogP contribution in [-0.2, 0) is 9.53 Å². The molecule has 29 heavy (non-hydrogen) atoms. The van der Waals surface area contributed by atoms with Gasteiger partial charge in [-0.3, -0.25) is 14.9 Å². The van der Waals surface area contributed by atoms with Gasteiger partial charge in [-0.15, -0.1) is 0 Å². The highest BCUT2D eigenvalue weighted by Crippen LogP contribution is 2.50. The first-order valence-electron chi connectivity index (χ1n) is 9.07. The number of carbonyl (C=O) groups excluding carboxylic acids is 1. The number of hydrogen-bond acceptors (Lipinski definition) is 8. The molecule has 1 heterocycles.